The van der Waals surface area contributed by atoms with Crippen molar-refractivity contribution >= 4 is 15.9 Å². The fourth-order valence-corrected chi connectivity index (χ4v) is 2.52. The van der Waals surface area contributed by atoms with E-state index < -0.39 is 0 Å². The van der Waals surface area contributed by atoms with Crippen molar-refractivity contribution in [3.05, 3.63) is 34.6 Å². The third kappa shape index (κ3) is 3.68. The minimum absolute atomic E-state index is 0.0322. The van der Waals surface area contributed by atoms with E-state index in [1.54, 1.807) is 0 Å². The molecule has 6 nitrogen and oxygen atoms in total. The largest absolute Gasteiger partial charge is 0.419 e. The summed E-state index contributed by atoms with van der Waals surface area (Å²) in [5, 5.41) is 17.3. The molecule has 1 aliphatic heterocycles. The van der Waals surface area contributed by atoms with Crippen LogP contribution >= 0.6 is 15.9 Å². The molecule has 112 valence electrons. The monoisotopic (exact) mass is 353 g/mol. The number of aromatic nitrogens is 2. The zero-order valence-corrected chi connectivity index (χ0v) is 13.0. The lowest BCUT2D eigenvalue weighted by molar-refractivity contribution is -0.0568. The summed E-state index contributed by atoms with van der Waals surface area (Å²) in [6.45, 7) is 2.69. The molecule has 2 aromatic rings. The van der Waals surface area contributed by atoms with Crippen LogP contribution in [0, 0.1) is 0 Å². The molecule has 0 amide bonds. The number of ether oxygens (including phenoxy) is 1. The molecule has 1 atom stereocenters. The SMILES string of the molecule is OCC1CN(Cc2nnc(-c3ccc(Br)cc3)o2)CCO1. The van der Waals surface area contributed by atoms with Crippen LogP contribution in [0.3, 0.4) is 0 Å². The average Bonchev–Trinajstić information content (AvgIpc) is 2.96. The smallest absolute Gasteiger partial charge is 0.247 e. The highest BCUT2D eigenvalue weighted by atomic mass is 79.9. The average molecular weight is 354 g/mol. The molecule has 1 unspecified atom stereocenters. The molecule has 1 aliphatic rings. The third-order valence-corrected chi connectivity index (χ3v) is 3.87. The Hall–Kier alpha value is -1.28. The molecule has 0 saturated carbocycles. The van der Waals surface area contributed by atoms with Gasteiger partial charge in [-0.1, -0.05) is 15.9 Å². The van der Waals surface area contributed by atoms with Gasteiger partial charge in [0.2, 0.25) is 11.8 Å². The van der Waals surface area contributed by atoms with Gasteiger partial charge in [0.1, 0.15) is 0 Å². The van der Waals surface area contributed by atoms with E-state index >= 15 is 0 Å². The second-order valence-corrected chi connectivity index (χ2v) is 5.83. The molecule has 0 aliphatic carbocycles. The number of hydrogen-bond donors (Lipinski definition) is 1. The van der Waals surface area contributed by atoms with Gasteiger partial charge < -0.3 is 14.3 Å². The van der Waals surface area contributed by atoms with Crippen LogP contribution in [0.25, 0.3) is 11.5 Å². The van der Waals surface area contributed by atoms with E-state index in [0.717, 1.165) is 16.6 Å². The van der Waals surface area contributed by atoms with Crippen molar-refractivity contribution in [1.82, 2.24) is 15.1 Å². The quantitative estimate of drug-likeness (QED) is 0.901. The van der Waals surface area contributed by atoms with E-state index in [4.69, 9.17) is 14.3 Å². The standard InChI is InChI=1S/C14H16BrN3O3/c15-11-3-1-10(2-4-11)14-17-16-13(21-14)8-18-5-6-20-12(7-18)9-19/h1-4,12,19H,5-9H2. The third-order valence-electron chi connectivity index (χ3n) is 3.34. The number of nitrogens with zero attached hydrogens (tertiary/aromatic N) is 3. The van der Waals surface area contributed by atoms with Gasteiger partial charge in [0.25, 0.3) is 0 Å². The van der Waals surface area contributed by atoms with E-state index in [9.17, 15) is 0 Å². The fourth-order valence-electron chi connectivity index (χ4n) is 2.25. The zero-order chi connectivity index (χ0) is 14.7. The van der Waals surface area contributed by atoms with Crippen LogP contribution in [0.5, 0.6) is 0 Å². The summed E-state index contributed by atoms with van der Waals surface area (Å²) < 4.78 is 12.1. The molecular formula is C14H16BrN3O3. The molecule has 1 N–H and O–H groups in total. The maximum absolute atomic E-state index is 9.14. The second kappa shape index (κ2) is 6.65. The maximum Gasteiger partial charge on any atom is 0.247 e. The number of morpholine rings is 1. The van der Waals surface area contributed by atoms with Gasteiger partial charge in [0.05, 0.1) is 25.9 Å². The lowest BCUT2D eigenvalue weighted by Gasteiger charge is -2.30. The first kappa shape index (κ1) is 14.6. The molecule has 0 radical (unpaired) electrons. The Labute approximate surface area is 130 Å². The highest BCUT2D eigenvalue weighted by molar-refractivity contribution is 9.10. The van der Waals surface area contributed by atoms with Crippen LogP contribution in [-0.4, -0.2) is 52.6 Å². The van der Waals surface area contributed by atoms with Crippen LogP contribution in [0.15, 0.2) is 33.2 Å². The molecular weight excluding hydrogens is 338 g/mol. The topological polar surface area (TPSA) is 71.6 Å². The summed E-state index contributed by atoms with van der Waals surface area (Å²) in [6.07, 6.45) is -0.132. The first-order chi connectivity index (χ1) is 10.2. The van der Waals surface area contributed by atoms with E-state index in [2.05, 4.69) is 31.0 Å². The van der Waals surface area contributed by atoms with Crippen molar-refractivity contribution in [1.29, 1.82) is 0 Å². The van der Waals surface area contributed by atoms with E-state index in [-0.39, 0.29) is 12.7 Å². The number of aliphatic hydroxyl groups excluding tert-OH is 1. The van der Waals surface area contributed by atoms with Crippen LogP contribution in [0.4, 0.5) is 0 Å². The highest BCUT2D eigenvalue weighted by Gasteiger charge is 2.21. The van der Waals surface area contributed by atoms with Gasteiger partial charge in [-0.15, -0.1) is 10.2 Å². The predicted molar refractivity (Wildman–Crippen MR) is 79.5 cm³/mol. The van der Waals surface area contributed by atoms with Crippen molar-refractivity contribution in [3.8, 4) is 11.5 Å². The minimum atomic E-state index is -0.132. The van der Waals surface area contributed by atoms with E-state index in [0.29, 0.717) is 31.5 Å². The second-order valence-electron chi connectivity index (χ2n) is 4.92. The van der Waals surface area contributed by atoms with Crippen LogP contribution in [0.2, 0.25) is 0 Å². The molecule has 1 aromatic heterocycles. The van der Waals surface area contributed by atoms with Gasteiger partial charge in [-0.05, 0) is 24.3 Å². The molecule has 3 rings (SSSR count). The maximum atomic E-state index is 9.14. The lowest BCUT2D eigenvalue weighted by atomic mass is 10.2. The predicted octanol–water partition coefficient (Wildman–Crippen LogP) is 1.69. The summed E-state index contributed by atoms with van der Waals surface area (Å²) in [4.78, 5) is 2.14. The van der Waals surface area contributed by atoms with Crippen molar-refractivity contribution in [2.24, 2.45) is 0 Å². The summed E-state index contributed by atoms with van der Waals surface area (Å²) in [6, 6.07) is 7.73. The number of aliphatic hydroxyl groups is 1. The van der Waals surface area contributed by atoms with Gasteiger partial charge >= 0.3 is 0 Å². The lowest BCUT2D eigenvalue weighted by Crippen LogP contribution is -2.43. The minimum Gasteiger partial charge on any atom is -0.419 e. The number of rotatable bonds is 4. The number of halogens is 1. The zero-order valence-electron chi connectivity index (χ0n) is 11.4. The Morgan fingerprint density at radius 3 is 2.86 bits per heavy atom. The van der Waals surface area contributed by atoms with Gasteiger partial charge in [-0.25, -0.2) is 0 Å². The van der Waals surface area contributed by atoms with Crippen molar-refractivity contribution in [2.45, 2.75) is 12.6 Å². The van der Waals surface area contributed by atoms with Crippen molar-refractivity contribution in [2.75, 3.05) is 26.3 Å². The molecule has 7 heteroatoms. The van der Waals surface area contributed by atoms with E-state index in [1.807, 2.05) is 24.3 Å². The molecule has 1 fully saturated rings. The van der Waals surface area contributed by atoms with E-state index in [1.165, 1.54) is 0 Å². The number of benzene rings is 1. The molecule has 21 heavy (non-hydrogen) atoms. The molecule has 2 heterocycles. The fraction of sp³-hybridized carbons (Fsp3) is 0.429. The molecule has 1 aromatic carbocycles. The number of hydrogen-bond acceptors (Lipinski definition) is 6. The summed E-state index contributed by atoms with van der Waals surface area (Å²) in [5.74, 6) is 1.09. The Kier molecular flexibility index (Phi) is 4.64. The summed E-state index contributed by atoms with van der Waals surface area (Å²) in [5.41, 5.74) is 0.896. The van der Waals surface area contributed by atoms with Crippen molar-refractivity contribution in [3.63, 3.8) is 0 Å². The van der Waals surface area contributed by atoms with Crippen LogP contribution < -0.4 is 0 Å². The van der Waals surface area contributed by atoms with Gasteiger partial charge in [0, 0.05) is 23.1 Å². The molecule has 0 bridgehead atoms. The Balaban J connectivity index is 1.66. The first-order valence-corrected chi connectivity index (χ1v) is 7.57. The first-order valence-electron chi connectivity index (χ1n) is 6.78. The molecule has 0 spiro atoms. The summed E-state index contributed by atoms with van der Waals surface area (Å²) >= 11 is 3.40. The molecule has 1 saturated heterocycles. The Bertz CT molecular complexity index is 587. The van der Waals surface area contributed by atoms with Crippen molar-refractivity contribution < 1.29 is 14.3 Å². The van der Waals surface area contributed by atoms with Crippen LogP contribution in [0.1, 0.15) is 5.89 Å². The highest BCUT2D eigenvalue weighted by Crippen LogP contribution is 2.21. The Morgan fingerprint density at radius 1 is 1.29 bits per heavy atom. The van der Waals surface area contributed by atoms with Gasteiger partial charge in [-0.3, -0.25) is 4.90 Å². The van der Waals surface area contributed by atoms with Crippen LogP contribution in [-0.2, 0) is 11.3 Å². The normalized spacial score (nSPS) is 19.8. The van der Waals surface area contributed by atoms with Gasteiger partial charge in [0.15, 0.2) is 0 Å². The van der Waals surface area contributed by atoms with Gasteiger partial charge in [-0.2, -0.15) is 0 Å². The summed E-state index contributed by atoms with van der Waals surface area (Å²) in [7, 11) is 0. The Morgan fingerprint density at radius 2 is 2.10 bits per heavy atom.